The number of hydrogen-bond donors (Lipinski definition) is 1. The lowest BCUT2D eigenvalue weighted by Gasteiger charge is -2.35. The quantitative estimate of drug-likeness (QED) is 0.921. The maximum Gasteiger partial charge on any atom is 0.0360 e. The number of rotatable bonds is 3. The van der Waals surface area contributed by atoms with Crippen molar-refractivity contribution < 1.29 is 0 Å². The van der Waals surface area contributed by atoms with E-state index in [0.29, 0.717) is 6.04 Å². The average Bonchev–Trinajstić information content (AvgIpc) is 2.72. The van der Waals surface area contributed by atoms with Crippen LogP contribution in [0.25, 0.3) is 0 Å². The highest BCUT2D eigenvalue weighted by molar-refractivity contribution is 5.31. The first-order chi connectivity index (χ1) is 10.2. The van der Waals surface area contributed by atoms with Crippen LogP contribution in [0.5, 0.6) is 0 Å². The van der Waals surface area contributed by atoms with Gasteiger partial charge in [-0.05, 0) is 70.0 Å². The van der Waals surface area contributed by atoms with Crippen LogP contribution in [-0.4, -0.2) is 50.1 Å². The molecular weight excluding hydrogens is 258 g/mol. The molecule has 2 aliphatic heterocycles. The maximum atomic E-state index is 3.56. The second kappa shape index (κ2) is 6.91. The van der Waals surface area contributed by atoms with E-state index in [9.17, 15) is 0 Å². The smallest absolute Gasteiger partial charge is 0.0360 e. The molecule has 1 aromatic rings. The Bertz CT molecular complexity index is 452. The number of hydrogen-bond acceptors (Lipinski definition) is 3. The van der Waals surface area contributed by atoms with E-state index in [1.165, 1.54) is 50.0 Å². The number of nitrogens with zero attached hydrogens (tertiary/aromatic N) is 2. The minimum atomic E-state index is 0.579. The van der Waals surface area contributed by atoms with Gasteiger partial charge in [0.2, 0.25) is 0 Å². The zero-order valence-electron chi connectivity index (χ0n) is 13.5. The highest BCUT2D eigenvalue weighted by Crippen LogP contribution is 2.30. The van der Waals surface area contributed by atoms with Gasteiger partial charge < -0.3 is 10.2 Å². The molecule has 0 spiro atoms. The summed E-state index contributed by atoms with van der Waals surface area (Å²) in [6.45, 7) is 5.92. The molecule has 0 amide bonds. The summed E-state index contributed by atoms with van der Waals surface area (Å²) < 4.78 is 0. The van der Waals surface area contributed by atoms with E-state index < -0.39 is 0 Å². The van der Waals surface area contributed by atoms with Crippen LogP contribution in [-0.2, 0) is 6.54 Å². The molecule has 0 bridgehead atoms. The number of fused-ring (bicyclic) bond motifs is 1. The Morgan fingerprint density at radius 3 is 2.76 bits per heavy atom. The summed E-state index contributed by atoms with van der Waals surface area (Å²) in [5, 5.41) is 3.56. The fraction of sp³-hybridized carbons (Fsp3) is 0.667. The summed E-state index contributed by atoms with van der Waals surface area (Å²) in [7, 11) is 4.57. The predicted molar refractivity (Wildman–Crippen MR) is 88.4 cm³/mol. The zero-order chi connectivity index (χ0) is 14.7. The van der Waals surface area contributed by atoms with Gasteiger partial charge in [-0.3, -0.25) is 4.90 Å². The summed E-state index contributed by atoms with van der Waals surface area (Å²) in [6, 6.07) is 9.55. The highest BCUT2D eigenvalue weighted by atomic mass is 15.1. The molecule has 1 saturated heterocycles. The molecule has 0 aliphatic carbocycles. The Morgan fingerprint density at radius 2 is 1.95 bits per heavy atom. The number of nitrogens with one attached hydrogen (secondary N) is 1. The third-order valence-electron chi connectivity index (χ3n) is 5.24. The molecule has 2 aliphatic rings. The molecular formula is C18H29N3. The molecule has 0 saturated carbocycles. The summed E-state index contributed by atoms with van der Waals surface area (Å²) in [5.74, 6) is 0.870. The number of piperidine rings is 1. The first-order valence-electron chi connectivity index (χ1n) is 8.41. The van der Waals surface area contributed by atoms with Gasteiger partial charge in [-0.25, -0.2) is 0 Å². The van der Waals surface area contributed by atoms with Crippen LogP contribution in [0.15, 0.2) is 24.3 Å². The van der Waals surface area contributed by atoms with E-state index >= 15 is 0 Å². The standard InChI is InChI=1S/C18H29N3/c1-20-11-8-15(9-12-20)14-21(2)18-7-10-19-13-16-5-3-4-6-17(16)18/h3-6,15,18-19H,7-14H2,1-2H3. The van der Waals surface area contributed by atoms with Gasteiger partial charge in [-0.1, -0.05) is 24.3 Å². The first kappa shape index (κ1) is 15.0. The van der Waals surface area contributed by atoms with Crippen molar-refractivity contribution in [3.63, 3.8) is 0 Å². The van der Waals surface area contributed by atoms with Crippen LogP contribution in [0, 0.1) is 5.92 Å². The third kappa shape index (κ3) is 3.65. The predicted octanol–water partition coefficient (Wildman–Crippen LogP) is 2.49. The Balaban J connectivity index is 1.67. The van der Waals surface area contributed by atoms with Gasteiger partial charge >= 0.3 is 0 Å². The normalized spacial score (nSPS) is 24.8. The maximum absolute atomic E-state index is 3.56. The van der Waals surface area contributed by atoms with Gasteiger partial charge in [0.05, 0.1) is 0 Å². The second-order valence-corrected chi connectivity index (χ2v) is 6.87. The molecule has 1 unspecified atom stereocenters. The molecule has 3 rings (SSSR count). The van der Waals surface area contributed by atoms with Crippen LogP contribution >= 0.6 is 0 Å². The Hall–Kier alpha value is -0.900. The lowest BCUT2D eigenvalue weighted by Crippen LogP contribution is -2.37. The van der Waals surface area contributed by atoms with Crippen molar-refractivity contribution in [1.82, 2.24) is 15.1 Å². The first-order valence-corrected chi connectivity index (χ1v) is 8.41. The Morgan fingerprint density at radius 1 is 1.19 bits per heavy atom. The molecule has 1 aromatic carbocycles. The molecule has 21 heavy (non-hydrogen) atoms. The molecule has 1 N–H and O–H groups in total. The van der Waals surface area contributed by atoms with Gasteiger partial charge in [0, 0.05) is 19.1 Å². The summed E-state index contributed by atoms with van der Waals surface area (Å²) >= 11 is 0. The SMILES string of the molecule is CN1CCC(CN(C)C2CCNCc3ccccc32)CC1. The van der Waals surface area contributed by atoms with Gasteiger partial charge in [-0.15, -0.1) is 0 Å². The molecule has 1 fully saturated rings. The second-order valence-electron chi connectivity index (χ2n) is 6.87. The summed E-state index contributed by atoms with van der Waals surface area (Å²) in [6.07, 6.45) is 3.93. The van der Waals surface area contributed by atoms with Gasteiger partial charge in [0.15, 0.2) is 0 Å². The van der Waals surface area contributed by atoms with Gasteiger partial charge in [0.25, 0.3) is 0 Å². The third-order valence-corrected chi connectivity index (χ3v) is 5.24. The van der Waals surface area contributed by atoms with Crippen LogP contribution in [0.1, 0.15) is 36.4 Å². The van der Waals surface area contributed by atoms with Crippen molar-refractivity contribution in [3.8, 4) is 0 Å². The fourth-order valence-corrected chi connectivity index (χ4v) is 3.87. The van der Waals surface area contributed by atoms with Crippen LogP contribution < -0.4 is 5.32 Å². The minimum absolute atomic E-state index is 0.579. The number of benzene rings is 1. The molecule has 0 aromatic heterocycles. The fourth-order valence-electron chi connectivity index (χ4n) is 3.87. The summed E-state index contributed by atoms with van der Waals surface area (Å²) in [5.41, 5.74) is 3.02. The molecule has 116 valence electrons. The van der Waals surface area contributed by atoms with E-state index in [2.05, 4.69) is 53.5 Å². The average molecular weight is 287 g/mol. The van der Waals surface area contributed by atoms with E-state index in [1.54, 1.807) is 0 Å². The van der Waals surface area contributed by atoms with Crippen molar-refractivity contribution in [2.24, 2.45) is 5.92 Å². The Labute approximate surface area is 129 Å². The van der Waals surface area contributed by atoms with Crippen molar-refractivity contribution in [1.29, 1.82) is 0 Å². The lowest BCUT2D eigenvalue weighted by atomic mass is 9.93. The van der Waals surface area contributed by atoms with Crippen molar-refractivity contribution >= 4 is 0 Å². The van der Waals surface area contributed by atoms with E-state index in [0.717, 1.165) is 19.0 Å². The van der Waals surface area contributed by atoms with E-state index in [-0.39, 0.29) is 0 Å². The Kier molecular flexibility index (Phi) is 4.94. The van der Waals surface area contributed by atoms with Crippen LogP contribution in [0.3, 0.4) is 0 Å². The van der Waals surface area contributed by atoms with Crippen LogP contribution in [0.4, 0.5) is 0 Å². The van der Waals surface area contributed by atoms with Gasteiger partial charge in [-0.2, -0.15) is 0 Å². The van der Waals surface area contributed by atoms with Crippen molar-refractivity contribution in [2.75, 3.05) is 40.3 Å². The molecule has 1 atom stereocenters. The number of likely N-dealkylation sites (tertiary alicyclic amines) is 1. The topological polar surface area (TPSA) is 18.5 Å². The van der Waals surface area contributed by atoms with E-state index in [4.69, 9.17) is 0 Å². The largest absolute Gasteiger partial charge is 0.313 e. The van der Waals surface area contributed by atoms with Crippen molar-refractivity contribution in [2.45, 2.75) is 31.8 Å². The van der Waals surface area contributed by atoms with Crippen LogP contribution in [0.2, 0.25) is 0 Å². The lowest BCUT2D eigenvalue weighted by molar-refractivity contribution is 0.146. The molecule has 3 nitrogen and oxygen atoms in total. The molecule has 2 heterocycles. The van der Waals surface area contributed by atoms with Crippen molar-refractivity contribution in [3.05, 3.63) is 35.4 Å². The van der Waals surface area contributed by atoms with E-state index in [1.807, 2.05) is 0 Å². The summed E-state index contributed by atoms with van der Waals surface area (Å²) in [4.78, 5) is 5.07. The molecule has 3 heteroatoms. The highest BCUT2D eigenvalue weighted by Gasteiger charge is 2.25. The minimum Gasteiger partial charge on any atom is -0.313 e. The molecule has 0 radical (unpaired) electrons. The zero-order valence-corrected chi connectivity index (χ0v) is 13.5. The van der Waals surface area contributed by atoms with Gasteiger partial charge in [0.1, 0.15) is 0 Å². The monoisotopic (exact) mass is 287 g/mol.